The molecule has 1 aromatic heterocycles. The molecule has 0 radical (unpaired) electrons. The molecule has 1 unspecified atom stereocenters. The largest absolute Gasteiger partial charge is 0.355 e. The van der Waals surface area contributed by atoms with Crippen molar-refractivity contribution in [3.05, 3.63) is 15.6 Å². The minimum absolute atomic E-state index is 0.509. The molecule has 1 aliphatic rings. The van der Waals surface area contributed by atoms with Crippen molar-refractivity contribution in [1.82, 2.24) is 25.4 Å². The zero-order valence-electron chi connectivity index (χ0n) is 15.7. The normalized spacial score (nSPS) is 18.6. The minimum Gasteiger partial charge on any atom is -0.355 e. The summed E-state index contributed by atoms with van der Waals surface area (Å²) in [6.45, 7) is 16.2. The predicted molar refractivity (Wildman–Crippen MR) is 103 cm³/mol. The summed E-state index contributed by atoms with van der Waals surface area (Å²) in [7, 11) is 1.82. The van der Waals surface area contributed by atoms with E-state index in [4.69, 9.17) is 0 Å². The molecule has 0 saturated carbocycles. The van der Waals surface area contributed by atoms with E-state index in [1.807, 2.05) is 14.0 Å². The first-order valence-electron chi connectivity index (χ1n) is 8.87. The van der Waals surface area contributed by atoms with Gasteiger partial charge in [-0.2, -0.15) is 0 Å². The highest BCUT2D eigenvalue weighted by Gasteiger charge is 2.20. The van der Waals surface area contributed by atoms with Crippen LogP contribution in [-0.4, -0.2) is 73.1 Å². The van der Waals surface area contributed by atoms with Crippen molar-refractivity contribution in [2.24, 2.45) is 4.99 Å². The Bertz CT molecular complexity index is 533. The number of thiazole rings is 1. The van der Waals surface area contributed by atoms with Crippen molar-refractivity contribution >= 4 is 17.3 Å². The molecule has 7 heteroatoms. The maximum atomic E-state index is 4.47. The fourth-order valence-electron chi connectivity index (χ4n) is 3.02. The van der Waals surface area contributed by atoms with Crippen LogP contribution in [0.2, 0.25) is 0 Å². The van der Waals surface area contributed by atoms with Gasteiger partial charge in [0.25, 0.3) is 0 Å². The van der Waals surface area contributed by atoms with Crippen molar-refractivity contribution in [1.29, 1.82) is 0 Å². The number of hydrogen-bond acceptors (Lipinski definition) is 5. The number of rotatable bonds is 6. The van der Waals surface area contributed by atoms with E-state index in [0.29, 0.717) is 6.04 Å². The van der Waals surface area contributed by atoms with Crippen molar-refractivity contribution in [3.63, 3.8) is 0 Å². The summed E-state index contributed by atoms with van der Waals surface area (Å²) < 4.78 is 0. The zero-order valence-corrected chi connectivity index (χ0v) is 16.5. The number of aliphatic imine (C=N–C) groups is 1. The molecule has 2 heterocycles. The van der Waals surface area contributed by atoms with E-state index in [1.54, 1.807) is 11.3 Å². The maximum absolute atomic E-state index is 4.47. The highest BCUT2D eigenvalue weighted by Crippen LogP contribution is 2.16. The van der Waals surface area contributed by atoms with Crippen LogP contribution in [0.3, 0.4) is 0 Å². The third-order valence-corrected chi connectivity index (χ3v) is 5.75. The Morgan fingerprint density at radius 1 is 1.25 bits per heavy atom. The second kappa shape index (κ2) is 9.34. The zero-order chi connectivity index (χ0) is 17.5. The fraction of sp³-hybridized carbons (Fsp3) is 0.765. The van der Waals surface area contributed by atoms with Gasteiger partial charge in [-0.25, -0.2) is 4.98 Å². The first-order chi connectivity index (χ1) is 11.5. The van der Waals surface area contributed by atoms with E-state index in [0.717, 1.165) is 49.4 Å². The van der Waals surface area contributed by atoms with Gasteiger partial charge in [0.05, 0.1) is 17.2 Å². The van der Waals surface area contributed by atoms with Crippen molar-refractivity contribution in [3.8, 4) is 0 Å². The molecule has 1 aromatic rings. The average molecular weight is 353 g/mol. The lowest BCUT2D eigenvalue weighted by atomic mass is 10.2. The number of nitrogens with one attached hydrogen (secondary N) is 2. The van der Waals surface area contributed by atoms with Crippen LogP contribution in [0, 0.1) is 13.8 Å². The van der Waals surface area contributed by atoms with E-state index >= 15 is 0 Å². The number of nitrogens with zero attached hydrogens (tertiary/aromatic N) is 4. The minimum atomic E-state index is 0.509. The smallest absolute Gasteiger partial charge is 0.191 e. The van der Waals surface area contributed by atoms with Crippen LogP contribution in [0.5, 0.6) is 0 Å². The monoisotopic (exact) mass is 352 g/mol. The van der Waals surface area contributed by atoms with Crippen molar-refractivity contribution in [2.75, 3.05) is 46.3 Å². The molecule has 0 aliphatic carbocycles. The first kappa shape index (κ1) is 19.1. The maximum Gasteiger partial charge on any atom is 0.191 e. The highest BCUT2D eigenvalue weighted by atomic mass is 32.1. The highest BCUT2D eigenvalue weighted by molar-refractivity contribution is 7.11. The molecule has 1 aliphatic heterocycles. The number of guanidine groups is 1. The summed E-state index contributed by atoms with van der Waals surface area (Å²) in [6.07, 6.45) is 0. The van der Waals surface area contributed by atoms with Crippen LogP contribution in [0.15, 0.2) is 4.99 Å². The Morgan fingerprint density at radius 2 is 1.96 bits per heavy atom. The molecule has 0 amide bonds. The summed E-state index contributed by atoms with van der Waals surface area (Å²) >= 11 is 1.75. The molecule has 1 saturated heterocycles. The second-order valence-corrected chi connectivity index (χ2v) is 7.66. The SMILES string of the molecule is CCN1CCN(C(C)CNC(=NC)NCc2sc(C)nc2C)CC1. The molecular formula is C17H32N6S. The molecule has 136 valence electrons. The van der Waals surface area contributed by atoms with Crippen LogP contribution >= 0.6 is 11.3 Å². The lowest BCUT2D eigenvalue weighted by Crippen LogP contribution is -2.53. The van der Waals surface area contributed by atoms with Gasteiger partial charge >= 0.3 is 0 Å². The number of aryl methyl sites for hydroxylation is 2. The van der Waals surface area contributed by atoms with Crippen molar-refractivity contribution in [2.45, 2.75) is 40.3 Å². The molecule has 1 atom stereocenters. The summed E-state index contributed by atoms with van der Waals surface area (Å²) in [6, 6.07) is 0.509. The molecule has 6 nitrogen and oxygen atoms in total. The van der Waals surface area contributed by atoms with Crippen LogP contribution in [-0.2, 0) is 6.54 Å². The van der Waals surface area contributed by atoms with E-state index < -0.39 is 0 Å². The summed E-state index contributed by atoms with van der Waals surface area (Å²) in [5, 5.41) is 7.97. The van der Waals surface area contributed by atoms with Gasteiger partial charge < -0.3 is 15.5 Å². The number of piperazine rings is 1. The molecule has 0 bridgehead atoms. The van der Waals surface area contributed by atoms with Gasteiger partial charge in [-0.3, -0.25) is 9.89 Å². The third-order valence-electron chi connectivity index (χ3n) is 4.68. The molecule has 0 spiro atoms. The van der Waals surface area contributed by atoms with E-state index in [2.05, 4.69) is 51.2 Å². The number of likely N-dealkylation sites (N-methyl/N-ethyl adjacent to an activating group) is 1. The Balaban J connectivity index is 1.74. The lowest BCUT2D eigenvalue weighted by molar-refractivity contribution is 0.107. The van der Waals surface area contributed by atoms with Gasteiger partial charge in [-0.05, 0) is 27.3 Å². The van der Waals surface area contributed by atoms with Crippen LogP contribution in [0.25, 0.3) is 0 Å². The predicted octanol–water partition coefficient (Wildman–Crippen LogP) is 1.45. The summed E-state index contributed by atoms with van der Waals surface area (Å²) in [5.41, 5.74) is 1.11. The number of aromatic nitrogens is 1. The Hall–Kier alpha value is -1.18. The van der Waals surface area contributed by atoms with Gasteiger partial charge in [0, 0.05) is 50.7 Å². The van der Waals surface area contributed by atoms with Crippen LogP contribution in [0.1, 0.15) is 29.4 Å². The van der Waals surface area contributed by atoms with Gasteiger partial charge in [-0.15, -0.1) is 11.3 Å². The topological polar surface area (TPSA) is 55.8 Å². The quantitative estimate of drug-likeness (QED) is 0.599. The summed E-state index contributed by atoms with van der Waals surface area (Å²) in [4.78, 5) is 15.2. The van der Waals surface area contributed by atoms with Crippen LogP contribution < -0.4 is 10.6 Å². The second-order valence-electron chi connectivity index (χ2n) is 6.37. The average Bonchev–Trinajstić information content (AvgIpc) is 2.92. The molecule has 2 rings (SSSR count). The Kier molecular flexibility index (Phi) is 7.45. The molecular weight excluding hydrogens is 320 g/mol. The summed E-state index contributed by atoms with van der Waals surface area (Å²) in [5.74, 6) is 0.861. The first-order valence-corrected chi connectivity index (χ1v) is 9.69. The van der Waals surface area contributed by atoms with E-state index in [-0.39, 0.29) is 0 Å². The standard InChI is InChI=1S/C17H32N6S/c1-6-22-7-9-23(10-8-22)13(2)11-19-17(18-5)20-12-16-14(3)21-15(4)24-16/h13H,6-12H2,1-5H3,(H2,18,19,20). The fourth-order valence-corrected chi connectivity index (χ4v) is 3.89. The molecule has 0 aromatic carbocycles. The van der Waals surface area contributed by atoms with Gasteiger partial charge in [0.1, 0.15) is 0 Å². The van der Waals surface area contributed by atoms with Gasteiger partial charge in [-0.1, -0.05) is 6.92 Å². The molecule has 24 heavy (non-hydrogen) atoms. The van der Waals surface area contributed by atoms with Crippen LogP contribution in [0.4, 0.5) is 0 Å². The van der Waals surface area contributed by atoms with Gasteiger partial charge in [0.2, 0.25) is 0 Å². The molecule has 1 fully saturated rings. The number of hydrogen-bond donors (Lipinski definition) is 2. The van der Waals surface area contributed by atoms with E-state index in [1.165, 1.54) is 18.0 Å². The Labute approximate surface area is 150 Å². The van der Waals surface area contributed by atoms with Gasteiger partial charge in [0.15, 0.2) is 5.96 Å². The lowest BCUT2D eigenvalue weighted by Gasteiger charge is -2.37. The third kappa shape index (κ3) is 5.43. The van der Waals surface area contributed by atoms with Crippen molar-refractivity contribution < 1.29 is 0 Å². The Morgan fingerprint density at radius 3 is 2.50 bits per heavy atom. The molecule has 2 N–H and O–H groups in total. The van der Waals surface area contributed by atoms with E-state index in [9.17, 15) is 0 Å².